The molecule has 0 aromatic heterocycles. The van der Waals surface area contributed by atoms with Gasteiger partial charge >= 0.3 is 17.9 Å². The molecule has 0 heterocycles. The lowest BCUT2D eigenvalue weighted by Crippen LogP contribution is -2.30. The number of rotatable bonds is 61. The molecule has 0 aliphatic heterocycles. The Labute approximate surface area is 467 Å². The molecular formula is C69H126O6. The highest BCUT2D eigenvalue weighted by atomic mass is 16.6. The van der Waals surface area contributed by atoms with Crippen molar-refractivity contribution in [2.75, 3.05) is 13.2 Å². The van der Waals surface area contributed by atoms with Crippen LogP contribution in [0.2, 0.25) is 0 Å². The van der Waals surface area contributed by atoms with Gasteiger partial charge in [0.1, 0.15) is 13.2 Å². The molecule has 0 aromatic rings. The monoisotopic (exact) mass is 1050 g/mol. The zero-order valence-electron chi connectivity index (χ0n) is 50.3. The number of ether oxygens (including phenoxy) is 3. The van der Waals surface area contributed by atoms with Gasteiger partial charge in [0.15, 0.2) is 6.10 Å². The van der Waals surface area contributed by atoms with Crippen LogP contribution in [0, 0.1) is 0 Å². The van der Waals surface area contributed by atoms with E-state index in [2.05, 4.69) is 69.4 Å². The zero-order chi connectivity index (χ0) is 54.3. The van der Waals surface area contributed by atoms with E-state index in [4.69, 9.17) is 14.2 Å². The molecule has 0 radical (unpaired) electrons. The number of carbonyl (C=O) groups is 3. The Balaban J connectivity index is 4.00. The number of unbranched alkanes of at least 4 members (excludes halogenated alkanes) is 42. The Kier molecular flexibility index (Phi) is 61.7. The summed E-state index contributed by atoms with van der Waals surface area (Å²) in [4.78, 5) is 38.1. The van der Waals surface area contributed by atoms with E-state index in [9.17, 15) is 14.4 Å². The van der Waals surface area contributed by atoms with Crippen LogP contribution in [0.15, 0.2) is 48.6 Å². The lowest BCUT2D eigenvalue weighted by Gasteiger charge is -2.18. The van der Waals surface area contributed by atoms with Crippen LogP contribution in [0.3, 0.4) is 0 Å². The second-order valence-electron chi connectivity index (χ2n) is 22.4. The molecule has 0 spiro atoms. The highest BCUT2D eigenvalue weighted by Crippen LogP contribution is 2.17. The predicted octanol–water partition coefficient (Wildman–Crippen LogP) is 22.6. The maximum absolute atomic E-state index is 12.8. The third kappa shape index (κ3) is 62.1. The van der Waals surface area contributed by atoms with E-state index < -0.39 is 6.10 Å². The van der Waals surface area contributed by atoms with Gasteiger partial charge in [-0.25, -0.2) is 0 Å². The van der Waals surface area contributed by atoms with Crippen molar-refractivity contribution in [3.63, 3.8) is 0 Å². The molecule has 438 valence electrons. The highest BCUT2D eigenvalue weighted by Gasteiger charge is 2.19. The van der Waals surface area contributed by atoms with Crippen LogP contribution in [0.4, 0.5) is 0 Å². The van der Waals surface area contributed by atoms with Gasteiger partial charge in [-0.3, -0.25) is 14.4 Å². The van der Waals surface area contributed by atoms with Gasteiger partial charge in [-0.15, -0.1) is 0 Å². The fourth-order valence-corrected chi connectivity index (χ4v) is 9.80. The van der Waals surface area contributed by atoms with E-state index in [1.165, 1.54) is 225 Å². The smallest absolute Gasteiger partial charge is 0.306 e. The SMILES string of the molecule is CCCCCC/C=C\C/C=C\CCCCCCCC(=O)OC(COC(=O)CCCCCCCCCC)COC(=O)CCCCCCCCCCCCCCCCCCCCCCC/C=C\C/C=C\CCCCCCC. The average molecular weight is 1050 g/mol. The molecule has 6 nitrogen and oxygen atoms in total. The molecular weight excluding hydrogens is 925 g/mol. The van der Waals surface area contributed by atoms with Crippen LogP contribution in [0.1, 0.15) is 355 Å². The van der Waals surface area contributed by atoms with E-state index in [0.717, 1.165) is 89.9 Å². The van der Waals surface area contributed by atoms with Crippen LogP contribution in [-0.4, -0.2) is 37.2 Å². The Hall–Kier alpha value is -2.63. The van der Waals surface area contributed by atoms with Crippen molar-refractivity contribution in [1.82, 2.24) is 0 Å². The van der Waals surface area contributed by atoms with Crippen molar-refractivity contribution in [3.8, 4) is 0 Å². The van der Waals surface area contributed by atoms with E-state index in [0.29, 0.717) is 19.3 Å². The fourth-order valence-electron chi connectivity index (χ4n) is 9.80. The molecule has 0 rings (SSSR count). The molecule has 0 bridgehead atoms. The van der Waals surface area contributed by atoms with Gasteiger partial charge in [-0.1, -0.05) is 301 Å². The van der Waals surface area contributed by atoms with Gasteiger partial charge in [0, 0.05) is 19.3 Å². The van der Waals surface area contributed by atoms with Crippen molar-refractivity contribution >= 4 is 17.9 Å². The molecule has 1 atom stereocenters. The molecule has 0 amide bonds. The Morgan fingerprint density at radius 2 is 0.480 bits per heavy atom. The molecule has 0 aliphatic rings. The fraction of sp³-hybridized carbons (Fsp3) is 0.841. The van der Waals surface area contributed by atoms with Gasteiger partial charge in [0.05, 0.1) is 0 Å². The predicted molar refractivity (Wildman–Crippen MR) is 325 cm³/mol. The van der Waals surface area contributed by atoms with Gasteiger partial charge in [-0.2, -0.15) is 0 Å². The third-order valence-corrected chi connectivity index (χ3v) is 14.8. The standard InChI is InChI=1S/C69H126O6/c1-4-7-10-13-16-19-21-23-25-27-28-29-30-31-32-33-34-35-36-37-38-39-40-41-42-43-45-46-48-50-53-56-59-62-68(71)74-65-66(64-73-67(70)61-58-55-52-18-15-12-9-6-3)75-69(72)63-60-57-54-51-49-47-44-26-24-22-20-17-14-11-8-5-2/h20-23,26-28,44,66H,4-19,24-25,29-43,45-65H2,1-3H3/b22-20-,23-21-,28-27-,44-26-. The van der Waals surface area contributed by atoms with Crippen molar-refractivity contribution in [2.24, 2.45) is 0 Å². The first-order valence-electron chi connectivity index (χ1n) is 33.1. The normalized spacial score (nSPS) is 12.3. The Morgan fingerprint density at radius 1 is 0.267 bits per heavy atom. The van der Waals surface area contributed by atoms with Gasteiger partial charge < -0.3 is 14.2 Å². The van der Waals surface area contributed by atoms with Crippen LogP contribution in [0.25, 0.3) is 0 Å². The van der Waals surface area contributed by atoms with Crippen molar-refractivity contribution in [3.05, 3.63) is 48.6 Å². The molecule has 0 fully saturated rings. The molecule has 0 aliphatic carbocycles. The van der Waals surface area contributed by atoms with E-state index in [-0.39, 0.29) is 31.1 Å². The van der Waals surface area contributed by atoms with Crippen molar-refractivity contribution < 1.29 is 28.6 Å². The number of esters is 3. The van der Waals surface area contributed by atoms with Crippen LogP contribution >= 0.6 is 0 Å². The molecule has 6 heteroatoms. The third-order valence-electron chi connectivity index (χ3n) is 14.8. The van der Waals surface area contributed by atoms with Crippen LogP contribution in [-0.2, 0) is 28.6 Å². The zero-order valence-corrected chi connectivity index (χ0v) is 50.3. The summed E-state index contributed by atoms with van der Waals surface area (Å²) in [5.41, 5.74) is 0. The minimum absolute atomic E-state index is 0.0743. The molecule has 75 heavy (non-hydrogen) atoms. The van der Waals surface area contributed by atoms with E-state index in [1.807, 2.05) is 0 Å². The first-order valence-corrected chi connectivity index (χ1v) is 33.1. The van der Waals surface area contributed by atoms with Crippen LogP contribution in [0.5, 0.6) is 0 Å². The number of allylic oxidation sites excluding steroid dienone is 8. The number of hydrogen-bond acceptors (Lipinski definition) is 6. The van der Waals surface area contributed by atoms with E-state index >= 15 is 0 Å². The van der Waals surface area contributed by atoms with Gasteiger partial charge in [-0.05, 0) is 83.5 Å². The topological polar surface area (TPSA) is 78.9 Å². The maximum Gasteiger partial charge on any atom is 0.306 e. The first-order chi connectivity index (χ1) is 37.0. The van der Waals surface area contributed by atoms with Crippen LogP contribution < -0.4 is 0 Å². The lowest BCUT2D eigenvalue weighted by molar-refractivity contribution is -0.167. The first kappa shape index (κ1) is 72.4. The summed E-state index contributed by atoms with van der Waals surface area (Å²) < 4.78 is 16.8. The lowest BCUT2D eigenvalue weighted by atomic mass is 10.0. The maximum atomic E-state index is 12.8. The largest absolute Gasteiger partial charge is 0.462 e. The molecule has 1 unspecified atom stereocenters. The summed E-state index contributed by atoms with van der Waals surface area (Å²) >= 11 is 0. The quantitative estimate of drug-likeness (QED) is 0.0261. The summed E-state index contributed by atoms with van der Waals surface area (Å²) in [7, 11) is 0. The Morgan fingerprint density at radius 3 is 0.747 bits per heavy atom. The molecule has 0 saturated carbocycles. The highest BCUT2D eigenvalue weighted by molar-refractivity contribution is 5.71. The molecule has 0 aromatic carbocycles. The average Bonchev–Trinajstić information content (AvgIpc) is 3.41. The molecule has 0 saturated heterocycles. The number of hydrogen-bond donors (Lipinski definition) is 0. The van der Waals surface area contributed by atoms with E-state index in [1.54, 1.807) is 0 Å². The molecule has 0 N–H and O–H groups in total. The summed E-state index contributed by atoms with van der Waals surface area (Å²) in [6, 6.07) is 0. The van der Waals surface area contributed by atoms with Gasteiger partial charge in [0.25, 0.3) is 0 Å². The summed E-state index contributed by atoms with van der Waals surface area (Å²) in [6.45, 7) is 6.61. The minimum Gasteiger partial charge on any atom is -0.462 e. The van der Waals surface area contributed by atoms with Gasteiger partial charge in [0.2, 0.25) is 0 Å². The second-order valence-corrected chi connectivity index (χ2v) is 22.4. The summed E-state index contributed by atoms with van der Waals surface area (Å²) in [6.07, 6.45) is 80.2. The minimum atomic E-state index is -0.776. The summed E-state index contributed by atoms with van der Waals surface area (Å²) in [5, 5.41) is 0. The Bertz CT molecular complexity index is 1300. The number of carbonyl (C=O) groups excluding carboxylic acids is 3. The second kappa shape index (κ2) is 63.9. The summed E-state index contributed by atoms with van der Waals surface area (Å²) in [5.74, 6) is -0.874. The van der Waals surface area contributed by atoms with Crippen molar-refractivity contribution in [1.29, 1.82) is 0 Å². The van der Waals surface area contributed by atoms with Crippen molar-refractivity contribution in [2.45, 2.75) is 361 Å².